The van der Waals surface area contributed by atoms with Gasteiger partial charge in [0.25, 0.3) is 0 Å². The Bertz CT molecular complexity index is 925. The Morgan fingerprint density at radius 3 is 2.69 bits per heavy atom. The van der Waals surface area contributed by atoms with E-state index in [9.17, 15) is 0 Å². The molecule has 0 bridgehead atoms. The highest BCUT2D eigenvalue weighted by molar-refractivity contribution is 5.74. The molecule has 0 amide bonds. The molecule has 5 rings (SSSR count). The molecule has 2 aliphatic carbocycles. The van der Waals surface area contributed by atoms with Crippen molar-refractivity contribution in [3.8, 4) is 5.88 Å². The molecule has 152 valence electrons. The van der Waals surface area contributed by atoms with Crippen molar-refractivity contribution in [2.45, 2.75) is 57.5 Å². The predicted octanol–water partition coefficient (Wildman–Crippen LogP) is 4.21. The number of hydrogen-bond donors (Lipinski definition) is 0. The number of aryl methyl sites for hydroxylation is 1. The fraction of sp³-hybridized carbons (Fsp3) is 0.500. The van der Waals surface area contributed by atoms with Gasteiger partial charge in [0, 0.05) is 11.5 Å². The Hall–Kier alpha value is -2.24. The summed E-state index contributed by atoms with van der Waals surface area (Å²) in [6.45, 7) is 4.05. The molecule has 5 heteroatoms. The second kappa shape index (κ2) is 7.22. The molecule has 1 aromatic carbocycles. The topological polar surface area (TPSA) is 53.5 Å². The van der Waals surface area contributed by atoms with E-state index in [1.54, 1.807) is 13.4 Å². The van der Waals surface area contributed by atoms with E-state index in [0.29, 0.717) is 17.7 Å². The van der Waals surface area contributed by atoms with Crippen LogP contribution in [0.15, 0.2) is 42.7 Å². The minimum absolute atomic E-state index is 0.0731. The highest BCUT2D eigenvalue weighted by Crippen LogP contribution is 2.52. The third-order valence-corrected chi connectivity index (χ3v) is 6.53. The van der Waals surface area contributed by atoms with Gasteiger partial charge in [-0.25, -0.2) is 9.97 Å². The molecule has 0 radical (unpaired) electrons. The Labute approximate surface area is 172 Å². The number of ether oxygens (including phenoxy) is 3. The summed E-state index contributed by atoms with van der Waals surface area (Å²) in [5, 5.41) is 0. The molecular formula is C24H28N2O3. The highest BCUT2D eigenvalue weighted by Gasteiger charge is 2.55. The molecule has 0 N–H and O–H groups in total. The second-order valence-corrected chi connectivity index (χ2v) is 8.77. The molecule has 1 aromatic heterocycles. The van der Waals surface area contributed by atoms with Crippen LogP contribution in [0.4, 0.5) is 0 Å². The number of nitrogens with zero attached hydrogens (tertiary/aromatic N) is 2. The fourth-order valence-electron chi connectivity index (χ4n) is 5.31. The van der Waals surface area contributed by atoms with Crippen molar-refractivity contribution < 1.29 is 14.2 Å². The second-order valence-electron chi connectivity index (χ2n) is 8.77. The zero-order chi connectivity index (χ0) is 20.0. The van der Waals surface area contributed by atoms with Crippen LogP contribution < -0.4 is 4.74 Å². The lowest BCUT2D eigenvalue weighted by molar-refractivity contribution is -0.159. The third-order valence-electron chi connectivity index (χ3n) is 6.53. The van der Waals surface area contributed by atoms with E-state index in [4.69, 9.17) is 14.2 Å². The first-order chi connectivity index (χ1) is 14.1. The van der Waals surface area contributed by atoms with Crippen molar-refractivity contribution in [3.05, 3.63) is 59.6 Å². The maximum absolute atomic E-state index is 6.41. The van der Waals surface area contributed by atoms with Gasteiger partial charge in [0.05, 0.1) is 25.0 Å². The van der Waals surface area contributed by atoms with Gasteiger partial charge in [-0.05, 0) is 56.6 Å². The first kappa shape index (κ1) is 18.8. The summed E-state index contributed by atoms with van der Waals surface area (Å²) in [4.78, 5) is 8.88. The molecule has 29 heavy (non-hydrogen) atoms. The quantitative estimate of drug-likeness (QED) is 0.763. The van der Waals surface area contributed by atoms with E-state index in [-0.39, 0.29) is 12.2 Å². The molecule has 2 aromatic rings. The number of aromatic nitrogens is 2. The summed E-state index contributed by atoms with van der Waals surface area (Å²) >= 11 is 0. The Kier molecular flexibility index (Phi) is 4.67. The normalized spacial score (nSPS) is 29.4. The van der Waals surface area contributed by atoms with Crippen LogP contribution in [0.2, 0.25) is 0 Å². The van der Waals surface area contributed by atoms with Gasteiger partial charge in [-0.3, -0.25) is 0 Å². The van der Waals surface area contributed by atoms with Gasteiger partial charge < -0.3 is 14.2 Å². The van der Waals surface area contributed by atoms with Gasteiger partial charge in [-0.2, -0.15) is 0 Å². The minimum Gasteiger partial charge on any atom is -0.481 e. The van der Waals surface area contributed by atoms with Gasteiger partial charge in [-0.15, -0.1) is 0 Å². The summed E-state index contributed by atoms with van der Waals surface area (Å²) in [5.74, 6) is 0.911. The average Bonchev–Trinajstić information content (AvgIpc) is 3.38. The minimum atomic E-state index is -0.537. The lowest BCUT2D eigenvalue weighted by Crippen LogP contribution is -2.26. The van der Waals surface area contributed by atoms with E-state index >= 15 is 0 Å². The summed E-state index contributed by atoms with van der Waals surface area (Å²) < 4.78 is 18.3. The van der Waals surface area contributed by atoms with Crippen molar-refractivity contribution in [1.82, 2.24) is 9.97 Å². The van der Waals surface area contributed by atoms with Crippen molar-refractivity contribution in [3.63, 3.8) is 0 Å². The lowest BCUT2D eigenvalue weighted by atomic mass is 9.91. The molecule has 5 nitrogen and oxygen atoms in total. The van der Waals surface area contributed by atoms with Crippen LogP contribution in [0.3, 0.4) is 0 Å². The Morgan fingerprint density at radius 1 is 1.10 bits per heavy atom. The van der Waals surface area contributed by atoms with Crippen molar-refractivity contribution >= 4 is 5.57 Å². The first-order valence-corrected chi connectivity index (χ1v) is 10.5. The zero-order valence-corrected chi connectivity index (χ0v) is 17.3. The summed E-state index contributed by atoms with van der Waals surface area (Å²) in [6, 6.07) is 10.7. The number of rotatable bonds is 5. The zero-order valence-electron chi connectivity index (χ0n) is 17.3. The number of hydrogen-bond acceptors (Lipinski definition) is 5. The van der Waals surface area contributed by atoms with E-state index in [2.05, 4.69) is 46.4 Å². The number of benzene rings is 1. The van der Waals surface area contributed by atoms with Gasteiger partial charge >= 0.3 is 0 Å². The molecular weight excluding hydrogens is 364 g/mol. The molecule has 2 fully saturated rings. The van der Waals surface area contributed by atoms with Crippen LogP contribution in [0.1, 0.15) is 43.5 Å². The lowest BCUT2D eigenvalue weighted by Gasteiger charge is -2.24. The molecule has 1 saturated heterocycles. The van der Waals surface area contributed by atoms with E-state index in [1.165, 1.54) is 11.1 Å². The molecule has 1 saturated carbocycles. The maximum Gasteiger partial charge on any atom is 0.220 e. The molecule has 3 aliphatic rings. The smallest absolute Gasteiger partial charge is 0.220 e. The largest absolute Gasteiger partial charge is 0.481 e. The Balaban J connectivity index is 1.40. The van der Waals surface area contributed by atoms with Crippen LogP contribution in [-0.2, 0) is 22.3 Å². The van der Waals surface area contributed by atoms with Gasteiger partial charge in [0.15, 0.2) is 5.79 Å². The van der Waals surface area contributed by atoms with Crippen LogP contribution in [0.25, 0.3) is 5.57 Å². The van der Waals surface area contributed by atoms with Crippen molar-refractivity contribution in [2.24, 2.45) is 11.8 Å². The highest BCUT2D eigenvalue weighted by atomic mass is 16.8. The van der Waals surface area contributed by atoms with Crippen LogP contribution >= 0.6 is 0 Å². The number of methoxy groups -OCH3 is 1. The SMILES string of the molecule is COc1ncnc2c1CC=C2C1CC(CCc2ccccc2)C2OC(C)(C)OC12. The molecule has 0 spiro atoms. The number of allylic oxidation sites excluding steroid dienone is 1. The van der Waals surface area contributed by atoms with Crippen LogP contribution in [-0.4, -0.2) is 35.1 Å². The maximum atomic E-state index is 6.41. The molecule has 2 heterocycles. The summed E-state index contributed by atoms with van der Waals surface area (Å²) in [7, 11) is 1.67. The number of fused-ring (bicyclic) bond motifs is 2. The third kappa shape index (κ3) is 3.36. The summed E-state index contributed by atoms with van der Waals surface area (Å²) in [6.07, 6.45) is 8.16. The first-order valence-electron chi connectivity index (χ1n) is 10.5. The van der Waals surface area contributed by atoms with E-state index in [1.807, 2.05) is 13.8 Å². The molecule has 1 aliphatic heterocycles. The van der Waals surface area contributed by atoms with Gasteiger partial charge in [-0.1, -0.05) is 36.4 Å². The molecule has 4 atom stereocenters. The summed E-state index contributed by atoms with van der Waals surface area (Å²) in [5.41, 5.74) is 4.78. The monoisotopic (exact) mass is 392 g/mol. The molecule has 4 unspecified atom stereocenters. The Morgan fingerprint density at radius 2 is 1.90 bits per heavy atom. The van der Waals surface area contributed by atoms with Gasteiger partial charge in [0.1, 0.15) is 6.33 Å². The van der Waals surface area contributed by atoms with Crippen LogP contribution in [0.5, 0.6) is 5.88 Å². The predicted molar refractivity (Wildman–Crippen MR) is 110 cm³/mol. The van der Waals surface area contributed by atoms with E-state index in [0.717, 1.165) is 36.9 Å². The van der Waals surface area contributed by atoms with Crippen molar-refractivity contribution in [1.29, 1.82) is 0 Å². The standard InChI is InChI=1S/C24H28N2O3/c1-24(2)28-21-16(10-9-15-7-5-4-6-8-15)13-19(22(21)29-24)17-11-12-18-20(17)25-14-26-23(18)27-3/h4-8,11,14,16,19,21-22H,9-10,12-13H2,1-3H3. The average molecular weight is 392 g/mol. The van der Waals surface area contributed by atoms with E-state index < -0.39 is 5.79 Å². The van der Waals surface area contributed by atoms with Gasteiger partial charge in [0.2, 0.25) is 5.88 Å². The fourth-order valence-corrected chi connectivity index (χ4v) is 5.31. The van der Waals surface area contributed by atoms with Crippen molar-refractivity contribution in [2.75, 3.05) is 7.11 Å². The van der Waals surface area contributed by atoms with Crippen LogP contribution in [0, 0.1) is 11.8 Å².